The molecule has 0 bridgehead atoms. The number of hydrogen-bond donors (Lipinski definition) is 1. The number of carbonyl (C=O) groups excluding carboxylic acids is 3. The lowest BCUT2D eigenvalue weighted by molar-refractivity contribution is -0.180. The van der Waals surface area contributed by atoms with Gasteiger partial charge in [0, 0.05) is 5.92 Å². The lowest BCUT2D eigenvalue weighted by Gasteiger charge is -2.62. The van der Waals surface area contributed by atoms with Crippen molar-refractivity contribution in [1.29, 1.82) is 0 Å². The minimum absolute atomic E-state index is 0.00256. The van der Waals surface area contributed by atoms with E-state index in [1.165, 1.54) is 32.1 Å². The molecule has 0 spiro atoms. The highest BCUT2D eigenvalue weighted by Gasteiger charge is 2.61. The molecule has 6 heteroatoms. The standard InChI is InChI=1S/C30H49NO5/c1-19(32)22-10-11-23-21-9-8-20-16-28(5,14-15-29(20,6)24(21)12-13-30(22,23)7)36-26(34)18-31-17-25(33)35-27(2,3)4/h20-24,31H,8-18H2,1-7H3/t20-,21-,22+,23-,24-,28+,29-,30+/m0/s1. The SMILES string of the molecule is CC(=O)[C@H]1CC[C@H]2[C@@H]3CC[C@H]4C[C@](C)(OC(=O)CNCC(=O)OC(C)(C)C)CC[C@]4(C)[C@H]3CC[C@]12C. The number of rotatable bonds is 6. The normalized spacial score (nSPS) is 42.0. The molecule has 0 unspecified atom stereocenters. The van der Waals surface area contributed by atoms with E-state index in [1.807, 2.05) is 20.8 Å². The molecular formula is C30H49NO5. The van der Waals surface area contributed by atoms with Gasteiger partial charge in [0.05, 0.1) is 13.1 Å². The smallest absolute Gasteiger partial charge is 0.320 e. The van der Waals surface area contributed by atoms with Gasteiger partial charge in [0.1, 0.15) is 17.0 Å². The summed E-state index contributed by atoms with van der Waals surface area (Å²) in [5.74, 6) is 2.69. The molecule has 1 N–H and O–H groups in total. The van der Waals surface area contributed by atoms with E-state index < -0.39 is 11.2 Å². The molecule has 0 aliphatic heterocycles. The van der Waals surface area contributed by atoms with E-state index in [2.05, 4.69) is 26.1 Å². The van der Waals surface area contributed by atoms with Gasteiger partial charge < -0.3 is 9.47 Å². The van der Waals surface area contributed by atoms with Gasteiger partial charge >= 0.3 is 11.9 Å². The van der Waals surface area contributed by atoms with Crippen LogP contribution >= 0.6 is 0 Å². The number of fused-ring (bicyclic) bond motifs is 5. The molecule has 4 rings (SSSR count). The van der Waals surface area contributed by atoms with E-state index in [4.69, 9.17) is 9.47 Å². The average Bonchev–Trinajstić information content (AvgIpc) is 3.10. The first kappa shape index (κ1) is 27.6. The van der Waals surface area contributed by atoms with Crippen molar-refractivity contribution < 1.29 is 23.9 Å². The predicted molar refractivity (Wildman–Crippen MR) is 139 cm³/mol. The molecule has 0 saturated heterocycles. The first-order valence-corrected chi connectivity index (χ1v) is 14.3. The van der Waals surface area contributed by atoms with Gasteiger partial charge in [-0.05, 0) is 127 Å². The highest BCUT2D eigenvalue weighted by molar-refractivity contribution is 5.79. The second-order valence-electron chi connectivity index (χ2n) is 14.3. The quantitative estimate of drug-likeness (QED) is 0.484. The molecule has 204 valence electrons. The van der Waals surface area contributed by atoms with Crippen molar-refractivity contribution in [3.63, 3.8) is 0 Å². The zero-order chi connectivity index (χ0) is 26.5. The summed E-state index contributed by atoms with van der Waals surface area (Å²) >= 11 is 0. The van der Waals surface area contributed by atoms with Crippen LogP contribution in [0, 0.1) is 40.4 Å². The molecule has 0 radical (unpaired) electrons. The van der Waals surface area contributed by atoms with Gasteiger partial charge in [0.15, 0.2) is 0 Å². The van der Waals surface area contributed by atoms with Gasteiger partial charge in [-0.3, -0.25) is 19.7 Å². The van der Waals surface area contributed by atoms with Crippen LogP contribution < -0.4 is 5.32 Å². The molecule has 4 saturated carbocycles. The molecule has 4 aliphatic carbocycles. The van der Waals surface area contributed by atoms with Crippen LogP contribution in [0.25, 0.3) is 0 Å². The van der Waals surface area contributed by atoms with Crippen LogP contribution in [-0.2, 0) is 23.9 Å². The Morgan fingerprint density at radius 3 is 2.17 bits per heavy atom. The number of ether oxygens (including phenoxy) is 2. The average molecular weight is 504 g/mol. The van der Waals surface area contributed by atoms with E-state index in [0.717, 1.165) is 37.5 Å². The molecule has 0 aromatic rings. The van der Waals surface area contributed by atoms with Crippen molar-refractivity contribution in [2.24, 2.45) is 40.4 Å². The van der Waals surface area contributed by atoms with E-state index in [9.17, 15) is 14.4 Å². The fourth-order valence-corrected chi connectivity index (χ4v) is 9.13. The Hall–Kier alpha value is -1.43. The monoisotopic (exact) mass is 503 g/mol. The predicted octanol–water partition coefficient (Wildman–Crippen LogP) is 5.47. The summed E-state index contributed by atoms with van der Waals surface area (Å²) in [6.07, 6.45) is 10.1. The molecule has 4 aliphatic rings. The van der Waals surface area contributed by atoms with Crippen molar-refractivity contribution >= 4 is 17.7 Å². The van der Waals surface area contributed by atoms with Gasteiger partial charge in [-0.2, -0.15) is 0 Å². The second-order valence-corrected chi connectivity index (χ2v) is 14.3. The second kappa shape index (κ2) is 9.71. The van der Waals surface area contributed by atoms with Crippen LogP contribution in [0.1, 0.15) is 106 Å². The van der Waals surface area contributed by atoms with Crippen molar-refractivity contribution in [3.8, 4) is 0 Å². The number of ketones is 1. The Labute approximate surface area is 218 Å². The van der Waals surface area contributed by atoms with Crippen molar-refractivity contribution in [2.45, 2.75) is 117 Å². The van der Waals surface area contributed by atoms with Crippen molar-refractivity contribution in [1.82, 2.24) is 5.32 Å². The molecule has 6 nitrogen and oxygen atoms in total. The summed E-state index contributed by atoms with van der Waals surface area (Å²) in [5, 5.41) is 2.88. The molecular weight excluding hydrogens is 454 g/mol. The van der Waals surface area contributed by atoms with Crippen LogP contribution in [0.3, 0.4) is 0 Å². The summed E-state index contributed by atoms with van der Waals surface area (Å²) in [6.45, 7) is 14.3. The summed E-state index contributed by atoms with van der Waals surface area (Å²) < 4.78 is 11.3. The third kappa shape index (κ3) is 5.26. The Kier molecular flexibility index (Phi) is 7.44. The maximum atomic E-state index is 12.6. The van der Waals surface area contributed by atoms with Crippen molar-refractivity contribution in [3.05, 3.63) is 0 Å². The highest BCUT2D eigenvalue weighted by atomic mass is 16.6. The fourth-order valence-electron chi connectivity index (χ4n) is 9.13. The van der Waals surface area contributed by atoms with Gasteiger partial charge in [-0.1, -0.05) is 13.8 Å². The van der Waals surface area contributed by atoms with Crippen LogP contribution in [0.4, 0.5) is 0 Å². The zero-order valence-electron chi connectivity index (χ0n) is 23.7. The number of carbonyl (C=O) groups is 3. The maximum absolute atomic E-state index is 12.6. The van der Waals surface area contributed by atoms with Crippen LogP contribution in [0.5, 0.6) is 0 Å². The summed E-state index contributed by atoms with van der Waals surface area (Å²) in [5.41, 5.74) is -0.497. The van der Waals surface area contributed by atoms with Crippen LogP contribution in [-0.4, -0.2) is 42.0 Å². The molecule has 0 amide bonds. The largest absolute Gasteiger partial charge is 0.459 e. The third-order valence-electron chi connectivity index (χ3n) is 10.7. The van der Waals surface area contributed by atoms with E-state index in [-0.39, 0.29) is 36.4 Å². The van der Waals surface area contributed by atoms with Crippen molar-refractivity contribution in [2.75, 3.05) is 13.1 Å². The Morgan fingerprint density at radius 1 is 0.833 bits per heavy atom. The topological polar surface area (TPSA) is 81.7 Å². The van der Waals surface area contributed by atoms with E-state index in [1.54, 1.807) is 6.92 Å². The Bertz CT molecular complexity index is 879. The Morgan fingerprint density at radius 2 is 1.50 bits per heavy atom. The molecule has 0 heterocycles. The van der Waals surface area contributed by atoms with Gasteiger partial charge in [0.2, 0.25) is 0 Å². The third-order valence-corrected chi connectivity index (χ3v) is 10.7. The molecule has 0 aromatic heterocycles. The molecule has 4 fully saturated rings. The molecule has 0 aromatic carbocycles. The lowest BCUT2D eigenvalue weighted by Crippen LogP contribution is -2.56. The minimum atomic E-state index is -0.537. The maximum Gasteiger partial charge on any atom is 0.320 e. The summed E-state index contributed by atoms with van der Waals surface area (Å²) in [7, 11) is 0. The van der Waals surface area contributed by atoms with Gasteiger partial charge in [-0.15, -0.1) is 0 Å². The van der Waals surface area contributed by atoms with Gasteiger partial charge in [-0.25, -0.2) is 0 Å². The first-order chi connectivity index (χ1) is 16.7. The lowest BCUT2D eigenvalue weighted by atomic mass is 9.44. The highest BCUT2D eigenvalue weighted by Crippen LogP contribution is 2.68. The van der Waals surface area contributed by atoms with E-state index in [0.29, 0.717) is 23.0 Å². The number of nitrogens with one attached hydrogen (secondary N) is 1. The first-order valence-electron chi connectivity index (χ1n) is 14.3. The summed E-state index contributed by atoms with van der Waals surface area (Å²) in [4.78, 5) is 36.9. The number of Topliss-reactive ketones (excluding diaryl/α,β-unsaturated/α-hetero) is 1. The summed E-state index contributed by atoms with van der Waals surface area (Å²) in [6, 6.07) is 0. The van der Waals surface area contributed by atoms with Crippen LogP contribution in [0.15, 0.2) is 0 Å². The van der Waals surface area contributed by atoms with Gasteiger partial charge in [0.25, 0.3) is 0 Å². The van der Waals surface area contributed by atoms with Crippen LogP contribution in [0.2, 0.25) is 0 Å². The zero-order valence-corrected chi connectivity index (χ0v) is 23.7. The Balaban J connectivity index is 1.33. The number of hydrogen-bond acceptors (Lipinski definition) is 6. The fraction of sp³-hybridized carbons (Fsp3) is 0.900. The molecule has 36 heavy (non-hydrogen) atoms. The van der Waals surface area contributed by atoms with E-state index >= 15 is 0 Å². The number of esters is 2. The minimum Gasteiger partial charge on any atom is -0.459 e. The molecule has 8 atom stereocenters.